The number of aromatic nitrogens is 1. The zero-order chi connectivity index (χ0) is 14.3. The van der Waals surface area contributed by atoms with Crippen LogP contribution >= 0.6 is 0 Å². The highest BCUT2D eigenvalue weighted by molar-refractivity contribution is 5.95. The van der Waals surface area contributed by atoms with Gasteiger partial charge in [-0.2, -0.15) is 0 Å². The van der Waals surface area contributed by atoms with Crippen LogP contribution in [0.15, 0.2) is 12.1 Å². The van der Waals surface area contributed by atoms with E-state index in [0.29, 0.717) is 12.1 Å². The minimum Gasteiger partial charge on any atom is -0.373 e. The van der Waals surface area contributed by atoms with E-state index in [9.17, 15) is 4.79 Å². The summed E-state index contributed by atoms with van der Waals surface area (Å²) < 4.78 is 0. The number of rotatable bonds is 7. The summed E-state index contributed by atoms with van der Waals surface area (Å²) in [5.74, 6) is 0.688. The Morgan fingerprint density at radius 1 is 1.37 bits per heavy atom. The molecule has 0 bridgehead atoms. The first kappa shape index (κ1) is 15.4. The van der Waals surface area contributed by atoms with Gasteiger partial charge in [0.1, 0.15) is 5.82 Å². The summed E-state index contributed by atoms with van der Waals surface area (Å²) in [6.07, 6.45) is 0.814. The van der Waals surface area contributed by atoms with Crippen molar-refractivity contribution < 1.29 is 4.79 Å². The van der Waals surface area contributed by atoms with Gasteiger partial charge in [-0.25, -0.2) is 4.98 Å². The molecule has 5 heteroatoms. The number of carbonyl (C=O) groups excluding carboxylic acids is 1. The molecule has 1 rings (SSSR count). The van der Waals surface area contributed by atoms with Crippen LogP contribution in [-0.2, 0) is 6.42 Å². The third-order valence-corrected chi connectivity index (χ3v) is 3.08. The van der Waals surface area contributed by atoms with Crippen molar-refractivity contribution in [1.82, 2.24) is 15.2 Å². The molecule has 0 atom stereocenters. The van der Waals surface area contributed by atoms with E-state index in [2.05, 4.69) is 27.4 Å². The first-order valence-electron chi connectivity index (χ1n) is 6.76. The molecular weight excluding hydrogens is 240 g/mol. The highest BCUT2D eigenvalue weighted by atomic mass is 16.1. The Hall–Kier alpha value is -1.62. The average molecular weight is 264 g/mol. The fraction of sp³-hybridized carbons (Fsp3) is 0.571. The van der Waals surface area contributed by atoms with Crippen LogP contribution in [0.2, 0.25) is 0 Å². The lowest BCUT2D eigenvalue weighted by Gasteiger charge is -2.14. The van der Waals surface area contributed by atoms with E-state index in [-0.39, 0.29) is 5.91 Å². The number of aryl methyl sites for hydroxylation is 1. The lowest BCUT2D eigenvalue weighted by atomic mass is 10.2. The van der Waals surface area contributed by atoms with Crippen LogP contribution in [-0.4, -0.2) is 49.5 Å². The van der Waals surface area contributed by atoms with E-state index in [1.165, 1.54) is 0 Å². The molecule has 0 saturated carbocycles. The van der Waals surface area contributed by atoms with E-state index in [1.807, 2.05) is 20.0 Å². The molecule has 0 aliphatic carbocycles. The summed E-state index contributed by atoms with van der Waals surface area (Å²) in [7, 11) is 3.84. The summed E-state index contributed by atoms with van der Waals surface area (Å²) >= 11 is 0. The number of carbonyl (C=O) groups is 1. The van der Waals surface area contributed by atoms with Crippen molar-refractivity contribution in [3.63, 3.8) is 0 Å². The number of hydrogen-bond acceptors (Lipinski definition) is 4. The smallest absolute Gasteiger partial charge is 0.251 e. The minimum atomic E-state index is -0.0434. The Morgan fingerprint density at radius 2 is 2.11 bits per heavy atom. The van der Waals surface area contributed by atoms with Crippen LogP contribution in [0.5, 0.6) is 0 Å². The molecule has 0 spiro atoms. The van der Waals surface area contributed by atoms with Gasteiger partial charge in [-0.15, -0.1) is 0 Å². The van der Waals surface area contributed by atoms with Crippen molar-refractivity contribution in [2.24, 2.45) is 0 Å². The number of nitrogens with zero attached hydrogens (tertiary/aromatic N) is 2. The molecule has 0 unspecified atom stereocenters. The Labute approximate surface area is 115 Å². The summed E-state index contributed by atoms with van der Waals surface area (Å²) in [5, 5.41) is 5.91. The SMILES string of the molecule is CCc1cc(C(=O)NCCN(C)CC)cc(NC)n1. The van der Waals surface area contributed by atoms with Crippen molar-refractivity contribution >= 4 is 11.7 Å². The predicted molar refractivity (Wildman–Crippen MR) is 78.7 cm³/mol. The molecule has 0 radical (unpaired) electrons. The monoisotopic (exact) mass is 264 g/mol. The molecule has 1 amide bonds. The lowest BCUT2D eigenvalue weighted by Crippen LogP contribution is -2.33. The second-order valence-electron chi connectivity index (χ2n) is 4.49. The van der Waals surface area contributed by atoms with Crippen molar-refractivity contribution in [3.05, 3.63) is 23.4 Å². The van der Waals surface area contributed by atoms with Gasteiger partial charge in [-0.05, 0) is 32.1 Å². The van der Waals surface area contributed by atoms with Crippen LogP contribution in [0.4, 0.5) is 5.82 Å². The predicted octanol–water partition coefficient (Wildman–Crippen LogP) is 1.37. The number of amides is 1. The van der Waals surface area contributed by atoms with Gasteiger partial charge in [0.25, 0.3) is 5.91 Å². The Morgan fingerprint density at radius 3 is 2.68 bits per heavy atom. The molecular formula is C14H24N4O. The van der Waals surface area contributed by atoms with Crippen LogP contribution in [0.25, 0.3) is 0 Å². The molecule has 0 aliphatic heterocycles. The normalized spacial score (nSPS) is 10.6. The molecule has 5 nitrogen and oxygen atoms in total. The quantitative estimate of drug-likeness (QED) is 0.781. The van der Waals surface area contributed by atoms with E-state index < -0.39 is 0 Å². The number of likely N-dealkylation sites (N-methyl/N-ethyl adjacent to an activating group) is 1. The maximum absolute atomic E-state index is 12.1. The second kappa shape index (κ2) is 7.74. The zero-order valence-corrected chi connectivity index (χ0v) is 12.3. The zero-order valence-electron chi connectivity index (χ0n) is 12.3. The third-order valence-electron chi connectivity index (χ3n) is 3.08. The molecule has 0 fully saturated rings. The van der Waals surface area contributed by atoms with E-state index in [0.717, 1.165) is 31.0 Å². The maximum Gasteiger partial charge on any atom is 0.251 e. The molecule has 1 aromatic heterocycles. The van der Waals surface area contributed by atoms with Crippen LogP contribution in [0.1, 0.15) is 29.9 Å². The number of nitrogens with one attached hydrogen (secondary N) is 2. The van der Waals surface area contributed by atoms with Crippen molar-refractivity contribution in [2.45, 2.75) is 20.3 Å². The van der Waals surface area contributed by atoms with Gasteiger partial charge in [0, 0.05) is 31.4 Å². The fourth-order valence-corrected chi connectivity index (χ4v) is 1.65. The molecule has 0 aromatic carbocycles. The van der Waals surface area contributed by atoms with Gasteiger partial charge in [0.05, 0.1) is 0 Å². The topological polar surface area (TPSA) is 57.3 Å². The van der Waals surface area contributed by atoms with E-state index >= 15 is 0 Å². The van der Waals surface area contributed by atoms with E-state index in [1.54, 1.807) is 13.1 Å². The van der Waals surface area contributed by atoms with Gasteiger partial charge >= 0.3 is 0 Å². The Bertz CT molecular complexity index is 398. The lowest BCUT2D eigenvalue weighted by molar-refractivity contribution is 0.0950. The van der Waals surface area contributed by atoms with Crippen molar-refractivity contribution in [2.75, 3.05) is 39.0 Å². The van der Waals surface area contributed by atoms with Crippen molar-refractivity contribution in [1.29, 1.82) is 0 Å². The third kappa shape index (κ3) is 4.87. The van der Waals surface area contributed by atoms with Gasteiger partial charge in [0.2, 0.25) is 0 Å². The molecule has 0 aliphatic rings. The van der Waals surface area contributed by atoms with E-state index in [4.69, 9.17) is 0 Å². The second-order valence-corrected chi connectivity index (χ2v) is 4.49. The van der Waals surface area contributed by atoms with Gasteiger partial charge in [-0.3, -0.25) is 4.79 Å². The van der Waals surface area contributed by atoms with Crippen LogP contribution in [0.3, 0.4) is 0 Å². The average Bonchev–Trinajstić information content (AvgIpc) is 2.46. The molecule has 2 N–H and O–H groups in total. The summed E-state index contributed by atoms with van der Waals surface area (Å²) in [6, 6.07) is 3.62. The highest BCUT2D eigenvalue weighted by Crippen LogP contribution is 2.10. The number of pyridine rings is 1. The minimum absolute atomic E-state index is 0.0434. The molecule has 1 heterocycles. The molecule has 0 saturated heterocycles. The summed E-state index contributed by atoms with van der Waals surface area (Å²) in [6.45, 7) is 6.61. The fourth-order valence-electron chi connectivity index (χ4n) is 1.65. The van der Waals surface area contributed by atoms with Crippen LogP contribution < -0.4 is 10.6 Å². The Kier molecular flexibility index (Phi) is 6.29. The molecule has 1 aromatic rings. The Balaban J connectivity index is 2.65. The maximum atomic E-state index is 12.1. The first-order valence-corrected chi connectivity index (χ1v) is 6.76. The number of anilines is 1. The number of hydrogen-bond donors (Lipinski definition) is 2. The van der Waals surface area contributed by atoms with Gasteiger partial charge in [0.15, 0.2) is 0 Å². The standard InChI is InChI=1S/C14H24N4O/c1-5-12-9-11(10-13(15-3)17-12)14(19)16-7-8-18(4)6-2/h9-10H,5-8H2,1-4H3,(H,15,17)(H,16,19). The molecule has 19 heavy (non-hydrogen) atoms. The first-order chi connectivity index (χ1) is 9.10. The van der Waals surface area contributed by atoms with Crippen LogP contribution in [0, 0.1) is 0 Å². The molecule has 106 valence electrons. The van der Waals surface area contributed by atoms with Gasteiger partial charge in [-0.1, -0.05) is 13.8 Å². The highest BCUT2D eigenvalue weighted by Gasteiger charge is 2.08. The summed E-state index contributed by atoms with van der Waals surface area (Å²) in [4.78, 5) is 18.6. The van der Waals surface area contributed by atoms with Gasteiger partial charge < -0.3 is 15.5 Å². The summed E-state index contributed by atoms with van der Waals surface area (Å²) in [5.41, 5.74) is 1.58. The largest absolute Gasteiger partial charge is 0.373 e. The van der Waals surface area contributed by atoms with Crippen molar-refractivity contribution in [3.8, 4) is 0 Å².